The molecule has 2 N–H and O–H groups in total. The van der Waals surface area contributed by atoms with E-state index in [1.165, 1.54) is 11.8 Å². The van der Waals surface area contributed by atoms with Crippen LogP contribution in [-0.2, 0) is 4.79 Å². The van der Waals surface area contributed by atoms with Gasteiger partial charge in [0.15, 0.2) is 16.7 Å². The second kappa shape index (κ2) is 8.14. The number of benzene rings is 2. The molecule has 1 aliphatic heterocycles. The first-order valence-corrected chi connectivity index (χ1v) is 10.3. The number of fused-ring (bicyclic) bond motifs is 2. The van der Waals surface area contributed by atoms with Gasteiger partial charge in [0.1, 0.15) is 13.2 Å². The molecule has 3 aromatic rings. The van der Waals surface area contributed by atoms with Crippen LogP contribution in [0, 0.1) is 5.92 Å². The van der Waals surface area contributed by atoms with Gasteiger partial charge in [0.2, 0.25) is 5.91 Å². The van der Waals surface area contributed by atoms with E-state index in [9.17, 15) is 4.79 Å². The van der Waals surface area contributed by atoms with E-state index in [0.717, 1.165) is 33.3 Å². The maximum atomic E-state index is 12.6. The van der Waals surface area contributed by atoms with Gasteiger partial charge in [-0.3, -0.25) is 4.79 Å². The number of nitrogens with zero attached hydrogens (tertiary/aromatic N) is 1. The summed E-state index contributed by atoms with van der Waals surface area (Å²) in [5.41, 5.74) is 2.89. The first-order valence-electron chi connectivity index (χ1n) is 9.36. The number of aromatic amines is 1. The second-order valence-electron chi connectivity index (χ2n) is 7.04. The third-order valence-electron chi connectivity index (χ3n) is 4.62. The van der Waals surface area contributed by atoms with Crippen LogP contribution in [0.2, 0.25) is 0 Å². The largest absolute Gasteiger partial charge is 0.486 e. The molecule has 0 unspecified atom stereocenters. The summed E-state index contributed by atoms with van der Waals surface area (Å²) < 4.78 is 11.3. The lowest BCUT2D eigenvalue weighted by molar-refractivity contribution is -0.119. The zero-order chi connectivity index (χ0) is 19.5. The molecule has 0 saturated heterocycles. The second-order valence-corrected chi connectivity index (χ2v) is 8.00. The maximum absolute atomic E-state index is 12.6. The van der Waals surface area contributed by atoms with Crippen molar-refractivity contribution in [1.82, 2.24) is 15.3 Å². The summed E-state index contributed by atoms with van der Waals surface area (Å²) in [4.78, 5) is 20.3. The molecular weight excluding hydrogens is 374 g/mol. The van der Waals surface area contributed by atoms with Crippen LogP contribution in [0.15, 0.2) is 47.6 Å². The van der Waals surface area contributed by atoms with Crippen molar-refractivity contribution in [2.24, 2.45) is 5.92 Å². The molecule has 0 bridgehead atoms. The molecule has 4 rings (SSSR count). The molecule has 7 heteroatoms. The lowest BCUT2D eigenvalue weighted by Gasteiger charge is -2.25. The summed E-state index contributed by atoms with van der Waals surface area (Å²) in [6, 6.07) is 13.6. The number of hydrogen-bond donors (Lipinski definition) is 2. The van der Waals surface area contributed by atoms with Gasteiger partial charge in [-0.1, -0.05) is 43.8 Å². The summed E-state index contributed by atoms with van der Waals surface area (Å²) in [5, 5.41) is 3.89. The maximum Gasteiger partial charge on any atom is 0.230 e. The summed E-state index contributed by atoms with van der Waals surface area (Å²) in [6.07, 6.45) is 0. The van der Waals surface area contributed by atoms with Crippen molar-refractivity contribution in [2.45, 2.75) is 25.0 Å². The Bertz CT molecular complexity index is 953. The first kappa shape index (κ1) is 18.7. The number of amides is 1. The molecule has 28 heavy (non-hydrogen) atoms. The van der Waals surface area contributed by atoms with Crippen LogP contribution >= 0.6 is 11.8 Å². The van der Waals surface area contributed by atoms with E-state index in [-0.39, 0.29) is 17.9 Å². The number of imidazole rings is 1. The van der Waals surface area contributed by atoms with E-state index in [4.69, 9.17) is 9.47 Å². The Morgan fingerprint density at radius 1 is 1.18 bits per heavy atom. The van der Waals surface area contributed by atoms with Gasteiger partial charge in [0.25, 0.3) is 0 Å². The normalized spacial score (nSPS) is 14.2. The molecule has 2 aromatic carbocycles. The predicted octanol–water partition coefficient (Wildman–Crippen LogP) is 3.94. The Hall–Kier alpha value is -2.67. The molecule has 1 aromatic heterocycles. The molecule has 0 spiro atoms. The van der Waals surface area contributed by atoms with Gasteiger partial charge in [0.05, 0.1) is 22.8 Å². The smallest absolute Gasteiger partial charge is 0.230 e. The standard InChI is InChI=1S/C21H23N3O3S/c1-13(2)20(14-7-8-17-18(11-14)27-10-9-26-17)24-19(25)12-28-21-22-15-5-3-4-6-16(15)23-21/h3-8,11,13,20H,9-10,12H2,1-2H3,(H,22,23)(H,24,25)/t20-/m0/s1. The number of carbonyl (C=O) groups is 1. The first-order chi connectivity index (χ1) is 13.6. The van der Waals surface area contributed by atoms with Crippen LogP contribution in [0.25, 0.3) is 11.0 Å². The van der Waals surface area contributed by atoms with Gasteiger partial charge in [-0.05, 0) is 35.7 Å². The molecule has 2 heterocycles. The van der Waals surface area contributed by atoms with Gasteiger partial charge in [-0.25, -0.2) is 4.98 Å². The van der Waals surface area contributed by atoms with Crippen LogP contribution in [0.4, 0.5) is 0 Å². The Balaban J connectivity index is 1.42. The van der Waals surface area contributed by atoms with E-state index in [1.807, 2.05) is 42.5 Å². The average Bonchev–Trinajstić information content (AvgIpc) is 3.13. The third-order valence-corrected chi connectivity index (χ3v) is 5.49. The fraction of sp³-hybridized carbons (Fsp3) is 0.333. The number of hydrogen-bond acceptors (Lipinski definition) is 5. The summed E-state index contributed by atoms with van der Waals surface area (Å²) in [7, 11) is 0. The fourth-order valence-corrected chi connectivity index (χ4v) is 3.93. The predicted molar refractivity (Wildman–Crippen MR) is 110 cm³/mol. The molecule has 0 aliphatic carbocycles. The number of para-hydroxylation sites is 2. The summed E-state index contributed by atoms with van der Waals surface area (Å²) in [5.74, 6) is 2.00. The molecule has 146 valence electrons. The van der Waals surface area contributed by atoms with E-state index >= 15 is 0 Å². The highest BCUT2D eigenvalue weighted by molar-refractivity contribution is 7.99. The van der Waals surface area contributed by atoms with Crippen molar-refractivity contribution in [3.63, 3.8) is 0 Å². The van der Waals surface area contributed by atoms with E-state index in [0.29, 0.717) is 19.0 Å². The van der Waals surface area contributed by atoms with Crippen LogP contribution in [0.3, 0.4) is 0 Å². The Labute approximate surface area is 168 Å². The molecule has 6 nitrogen and oxygen atoms in total. The third kappa shape index (κ3) is 4.09. The van der Waals surface area contributed by atoms with Gasteiger partial charge in [0, 0.05) is 0 Å². The number of ether oxygens (including phenoxy) is 2. The molecule has 1 amide bonds. The minimum Gasteiger partial charge on any atom is -0.486 e. The topological polar surface area (TPSA) is 76.2 Å². The number of nitrogens with one attached hydrogen (secondary N) is 2. The number of thioether (sulfide) groups is 1. The van der Waals surface area contributed by atoms with Gasteiger partial charge in [-0.2, -0.15) is 0 Å². The van der Waals surface area contributed by atoms with Crippen LogP contribution < -0.4 is 14.8 Å². The minimum absolute atomic E-state index is 0.0287. The molecule has 0 saturated carbocycles. The molecular formula is C21H23N3O3S. The SMILES string of the molecule is CC(C)[C@H](NC(=O)CSc1nc2ccccc2[nH]1)c1ccc2c(c1)OCCO2. The van der Waals surface area contributed by atoms with Gasteiger partial charge < -0.3 is 19.8 Å². The van der Waals surface area contributed by atoms with Crippen molar-refractivity contribution in [3.05, 3.63) is 48.0 Å². The molecule has 0 fully saturated rings. The summed E-state index contributed by atoms with van der Waals surface area (Å²) in [6.45, 7) is 5.29. The van der Waals surface area contributed by atoms with Crippen molar-refractivity contribution in [3.8, 4) is 11.5 Å². The zero-order valence-corrected chi connectivity index (χ0v) is 16.7. The number of carbonyl (C=O) groups excluding carboxylic acids is 1. The molecule has 1 atom stereocenters. The van der Waals surface area contributed by atoms with Crippen LogP contribution in [0.1, 0.15) is 25.5 Å². The average molecular weight is 398 g/mol. The van der Waals surface area contributed by atoms with Crippen LogP contribution in [-0.4, -0.2) is 34.8 Å². The Morgan fingerprint density at radius 2 is 1.96 bits per heavy atom. The highest BCUT2D eigenvalue weighted by Gasteiger charge is 2.21. The highest BCUT2D eigenvalue weighted by atomic mass is 32.2. The van der Waals surface area contributed by atoms with Gasteiger partial charge in [-0.15, -0.1) is 0 Å². The lowest BCUT2D eigenvalue weighted by atomic mass is 9.95. The molecule has 1 aliphatic rings. The van der Waals surface area contributed by atoms with E-state index in [2.05, 4.69) is 29.1 Å². The van der Waals surface area contributed by atoms with Gasteiger partial charge >= 0.3 is 0 Å². The van der Waals surface area contributed by atoms with E-state index < -0.39 is 0 Å². The Kier molecular flexibility index (Phi) is 5.43. The lowest BCUT2D eigenvalue weighted by Crippen LogP contribution is -2.33. The van der Waals surface area contributed by atoms with Crippen LogP contribution in [0.5, 0.6) is 11.5 Å². The quantitative estimate of drug-likeness (QED) is 0.616. The zero-order valence-electron chi connectivity index (χ0n) is 15.9. The number of H-pyrrole nitrogens is 1. The van der Waals surface area contributed by atoms with Crippen molar-refractivity contribution in [1.29, 1.82) is 0 Å². The highest BCUT2D eigenvalue weighted by Crippen LogP contribution is 2.34. The fourth-order valence-electron chi connectivity index (χ4n) is 3.24. The number of rotatable bonds is 6. The minimum atomic E-state index is -0.0976. The van der Waals surface area contributed by atoms with Crippen molar-refractivity contribution >= 4 is 28.7 Å². The van der Waals surface area contributed by atoms with Crippen molar-refractivity contribution in [2.75, 3.05) is 19.0 Å². The number of aromatic nitrogens is 2. The van der Waals surface area contributed by atoms with Crippen molar-refractivity contribution < 1.29 is 14.3 Å². The summed E-state index contributed by atoms with van der Waals surface area (Å²) >= 11 is 1.40. The molecule has 0 radical (unpaired) electrons. The monoisotopic (exact) mass is 397 g/mol. The van der Waals surface area contributed by atoms with E-state index in [1.54, 1.807) is 0 Å². The Morgan fingerprint density at radius 3 is 2.75 bits per heavy atom.